The van der Waals surface area contributed by atoms with Gasteiger partial charge < -0.3 is 25.4 Å². The Morgan fingerprint density at radius 1 is 1.29 bits per heavy atom. The topological polar surface area (TPSA) is 82.0 Å². The van der Waals surface area contributed by atoms with Crippen LogP contribution in [0.5, 0.6) is 11.5 Å². The first-order valence-electron chi connectivity index (χ1n) is 5.47. The molecule has 0 aliphatic rings. The summed E-state index contributed by atoms with van der Waals surface area (Å²) in [5.41, 5.74) is 0.692. The molecule has 5 heteroatoms. The van der Waals surface area contributed by atoms with E-state index in [-0.39, 0.29) is 25.0 Å². The molecule has 0 aromatic heterocycles. The highest BCUT2D eigenvalue weighted by atomic mass is 16.5. The summed E-state index contributed by atoms with van der Waals surface area (Å²) in [5, 5.41) is 30.8. The molecule has 1 unspecified atom stereocenters. The van der Waals surface area contributed by atoms with Gasteiger partial charge in [0.2, 0.25) is 0 Å². The number of hydrogen-bond acceptors (Lipinski definition) is 5. The molecule has 1 aromatic carbocycles. The van der Waals surface area contributed by atoms with Crippen molar-refractivity contribution >= 4 is 0 Å². The Labute approximate surface area is 101 Å². The van der Waals surface area contributed by atoms with Crippen molar-refractivity contribution in [1.82, 2.24) is 5.32 Å². The number of methoxy groups -OCH3 is 1. The normalized spacial score (nSPS) is 12.8. The highest BCUT2D eigenvalue weighted by Crippen LogP contribution is 2.28. The maximum atomic E-state index is 9.81. The maximum Gasteiger partial charge on any atom is 0.124 e. The lowest BCUT2D eigenvalue weighted by Gasteiger charge is -2.21. The summed E-state index contributed by atoms with van der Waals surface area (Å²) in [6.07, 6.45) is 0. The van der Waals surface area contributed by atoms with Crippen LogP contribution in [0.2, 0.25) is 0 Å². The molecule has 5 nitrogen and oxygen atoms in total. The zero-order valence-corrected chi connectivity index (χ0v) is 10.1. The minimum Gasteiger partial charge on any atom is -0.507 e. The largest absolute Gasteiger partial charge is 0.507 e. The van der Waals surface area contributed by atoms with Gasteiger partial charge in [-0.2, -0.15) is 0 Å². The van der Waals surface area contributed by atoms with Gasteiger partial charge in [0.05, 0.1) is 26.4 Å². The minimum atomic E-state index is -0.397. The highest BCUT2D eigenvalue weighted by Gasteiger charge is 2.15. The van der Waals surface area contributed by atoms with E-state index in [4.69, 9.17) is 14.9 Å². The number of rotatable bonds is 6. The van der Waals surface area contributed by atoms with Crippen LogP contribution in [-0.2, 0) is 0 Å². The molecule has 0 radical (unpaired) electrons. The van der Waals surface area contributed by atoms with E-state index in [2.05, 4.69) is 5.32 Å². The van der Waals surface area contributed by atoms with Crippen molar-refractivity contribution in [2.45, 2.75) is 19.0 Å². The molecule has 1 rings (SSSR count). The average molecular weight is 241 g/mol. The van der Waals surface area contributed by atoms with Gasteiger partial charge in [0.15, 0.2) is 0 Å². The van der Waals surface area contributed by atoms with Crippen molar-refractivity contribution < 1.29 is 20.1 Å². The SMILES string of the molecule is COc1ccc(C(C)NC(CO)CO)c(O)c1. The molecule has 0 aliphatic heterocycles. The number of aromatic hydroxyl groups is 1. The Balaban J connectivity index is 2.78. The predicted octanol–water partition coefficient (Wildman–Crippen LogP) is 0.405. The molecular weight excluding hydrogens is 222 g/mol. The number of benzene rings is 1. The second-order valence-corrected chi connectivity index (χ2v) is 3.88. The zero-order chi connectivity index (χ0) is 12.8. The van der Waals surface area contributed by atoms with E-state index in [1.54, 1.807) is 12.1 Å². The second-order valence-electron chi connectivity index (χ2n) is 3.88. The number of ether oxygens (including phenoxy) is 1. The van der Waals surface area contributed by atoms with Crippen molar-refractivity contribution in [3.05, 3.63) is 23.8 Å². The summed E-state index contributed by atoms with van der Waals surface area (Å²) >= 11 is 0. The van der Waals surface area contributed by atoms with Crippen LogP contribution in [0.25, 0.3) is 0 Å². The zero-order valence-electron chi connectivity index (χ0n) is 10.1. The third-order valence-electron chi connectivity index (χ3n) is 2.63. The van der Waals surface area contributed by atoms with E-state index in [0.717, 1.165) is 0 Å². The molecule has 0 heterocycles. The van der Waals surface area contributed by atoms with Crippen LogP contribution in [0.1, 0.15) is 18.5 Å². The van der Waals surface area contributed by atoms with Gasteiger partial charge in [-0.15, -0.1) is 0 Å². The van der Waals surface area contributed by atoms with Crippen molar-refractivity contribution in [2.75, 3.05) is 20.3 Å². The summed E-state index contributed by atoms with van der Waals surface area (Å²) in [5.74, 6) is 0.707. The van der Waals surface area contributed by atoms with Gasteiger partial charge >= 0.3 is 0 Å². The lowest BCUT2D eigenvalue weighted by molar-refractivity contribution is 0.163. The van der Waals surface area contributed by atoms with Gasteiger partial charge in [-0.25, -0.2) is 0 Å². The van der Waals surface area contributed by atoms with E-state index >= 15 is 0 Å². The maximum absolute atomic E-state index is 9.81. The summed E-state index contributed by atoms with van der Waals surface area (Å²) in [4.78, 5) is 0. The average Bonchev–Trinajstić information content (AvgIpc) is 2.35. The molecule has 96 valence electrons. The van der Waals surface area contributed by atoms with Gasteiger partial charge in [0, 0.05) is 17.7 Å². The third-order valence-corrected chi connectivity index (χ3v) is 2.63. The first kappa shape index (κ1) is 13.8. The van der Waals surface area contributed by atoms with Crippen LogP contribution in [0.4, 0.5) is 0 Å². The fourth-order valence-corrected chi connectivity index (χ4v) is 1.62. The van der Waals surface area contributed by atoms with Gasteiger partial charge in [-0.1, -0.05) is 6.07 Å². The molecule has 0 amide bonds. The van der Waals surface area contributed by atoms with Crippen LogP contribution in [0, 0.1) is 0 Å². The molecule has 0 fully saturated rings. The molecule has 17 heavy (non-hydrogen) atoms. The predicted molar refractivity (Wildman–Crippen MR) is 64.2 cm³/mol. The van der Waals surface area contributed by atoms with Gasteiger partial charge in [0.1, 0.15) is 11.5 Å². The van der Waals surface area contributed by atoms with Crippen molar-refractivity contribution in [3.8, 4) is 11.5 Å². The fourth-order valence-electron chi connectivity index (χ4n) is 1.62. The Morgan fingerprint density at radius 3 is 2.41 bits per heavy atom. The molecule has 1 atom stereocenters. The number of aliphatic hydroxyl groups excluding tert-OH is 2. The fraction of sp³-hybridized carbons (Fsp3) is 0.500. The molecular formula is C12H19NO4. The van der Waals surface area contributed by atoms with E-state index in [9.17, 15) is 5.11 Å². The van der Waals surface area contributed by atoms with Gasteiger partial charge in [-0.3, -0.25) is 0 Å². The minimum absolute atomic E-state index is 0.124. The Bertz CT molecular complexity index is 352. The van der Waals surface area contributed by atoms with E-state index in [0.29, 0.717) is 11.3 Å². The van der Waals surface area contributed by atoms with Crippen molar-refractivity contribution in [1.29, 1.82) is 0 Å². The second kappa shape index (κ2) is 6.44. The van der Waals surface area contributed by atoms with Crippen LogP contribution < -0.4 is 10.1 Å². The van der Waals surface area contributed by atoms with Crippen LogP contribution in [-0.4, -0.2) is 41.7 Å². The van der Waals surface area contributed by atoms with Gasteiger partial charge in [-0.05, 0) is 13.0 Å². The van der Waals surface area contributed by atoms with E-state index in [1.807, 2.05) is 6.92 Å². The lowest BCUT2D eigenvalue weighted by atomic mass is 10.1. The number of phenolic OH excluding ortho intramolecular Hbond substituents is 1. The van der Waals surface area contributed by atoms with Crippen molar-refractivity contribution in [2.24, 2.45) is 0 Å². The number of hydrogen-bond donors (Lipinski definition) is 4. The molecule has 0 saturated carbocycles. The molecule has 0 aliphatic carbocycles. The number of phenols is 1. The van der Waals surface area contributed by atoms with E-state index in [1.165, 1.54) is 13.2 Å². The van der Waals surface area contributed by atoms with Crippen molar-refractivity contribution in [3.63, 3.8) is 0 Å². The molecule has 0 bridgehead atoms. The highest BCUT2D eigenvalue weighted by molar-refractivity contribution is 5.41. The Morgan fingerprint density at radius 2 is 1.94 bits per heavy atom. The van der Waals surface area contributed by atoms with Gasteiger partial charge in [0.25, 0.3) is 0 Å². The van der Waals surface area contributed by atoms with E-state index < -0.39 is 6.04 Å². The summed E-state index contributed by atoms with van der Waals surface area (Å²) in [6, 6.07) is 4.45. The van der Waals surface area contributed by atoms with Crippen LogP contribution in [0.15, 0.2) is 18.2 Å². The first-order chi connectivity index (χ1) is 8.12. The molecule has 0 saturated heterocycles. The lowest BCUT2D eigenvalue weighted by Crippen LogP contribution is -2.37. The first-order valence-corrected chi connectivity index (χ1v) is 5.47. The Kier molecular flexibility index (Phi) is 5.21. The summed E-state index contributed by atoms with van der Waals surface area (Å²) in [6.45, 7) is 1.54. The molecule has 1 aromatic rings. The summed E-state index contributed by atoms with van der Waals surface area (Å²) < 4.78 is 4.99. The standard InChI is InChI=1S/C12H19NO4/c1-8(13-9(6-14)7-15)11-4-3-10(17-2)5-12(11)16/h3-5,8-9,13-16H,6-7H2,1-2H3. The Hall–Kier alpha value is -1.30. The van der Waals surface area contributed by atoms with Crippen LogP contribution >= 0.6 is 0 Å². The monoisotopic (exact) mass is 241 g/mol. The summed E-state index contributed by atoms with van der Waals surface area (Å²) in [7, 11) is 1.53. The quantitative estimate of drug-likeness (QED) is 0.580. The molecule has 0 spiro atoms. The number of nitrogens with one attached hydrogen (secondary N) is 1. The smallest absolute Gasteiger partial charge is 0.124 e. The number of aliphatic hydroxyl groups is 2. The molecule has 4 N–H and O–H groups in total. The van der Waals surface area contributed by atoms with Crippen LogP contribution in [0.3, 0.4) is 0 Å². The third kappa shape index (κ3) is 3.59.